The van der Waals surface area contributed by atoms with E-state index in [1.807, 2.05) is 0 Å². The van der Waals surface area contributed by atoms with Crippen molar-refractivity contribution in [2.75, 3.05) is 22.6 Å². The Kier molecular flexibility index (Phi) is 5.06. The normalized spacial score (nSPS) is 16.1. The summed E-state index contributed by atoms with van der Waals surface area (Å²) in [6.45, 7) is 1.90. The number of hydrogen-bond acceptors (Lipinski definition) is 5. The van der Waals surface area contributed by atoms with Gasteiger partial charge >= 0.3 is 6.09 Å². The molecule has 2 aromatic carbocycles. The minimum absolute atomic E-state index is 0.157. The first-order valence-electron chi connectivity index (χ1n) is 9.49. The summed E-state index contributed by atoms with van der Waals surface area (Å²) in [6, 6.07) is 14.2. The fourth-order valence-electron chi connectivity index (χ4n) is 3.72. The third-order valence-electron chi connectivity index (χ3n) is 5.21. The first kappa shape index (κ1) is 20.7. The van der Waals surface area contributed by atoms with Gasteiger partial charge in [-0.1, -0.05) is 18.2 Å². The van der Waals surface area contributed by atoms with Crippen LogP contribution in [0.2, 0.25) is 0 Å². The number of anilines is 2. The molecule has 1 aromatic heterocycles. The predicted molar refractivity (Wildman–Crippen MR) is 115 cm³/mol. The van der Waals surface area contributed by atoms with Crippen molar-refractivity contribution in [1.29, 1.82) is 0 Å². The van der Waals surface area contributed by atoms with Crippen LogP contribution in [-0.4, -0.2) is 44.4 Å². The Morgan fingerprint density at radius 3 is 2.29 bits per heavy atom. The number of fused-ring (bicyclic) bond motifs is 1. The second-order valence-corrected chi connectivity index (χ2v) is 9.41. The highest BCUT2D eigenvalue weighted by molar-refractivity contribution is 7.90. The zero-order chi connectivity index (χ0) is 22.3. The third kappa shape index (κ3) is 3.79. The Morgan fingerprint density at radius 2 is 1.71 bits per heavy atom. The molecule has 1 atom stereocenters. The molecular weight excluding hydrogens is 420 g/mol. The molecule has 9 heteroatoms. The van der Waals surface area contributed by atoms with Gasteiger partial charge < -0.3 is 14.4 Å². The average Bonchev–Trinajstić information content (AvgIpc) is 3.26. The van der Waals surface area contributed by atoms with Crippen molar-refractivity contribution in [1.82, 2.24) is 0 Å². The van der Waals surface area contributed by atoms with Gasteiger partial charge in [-0.15, -0.1) is 0 Å². The van der Waals surface area contributed by atoms with Crippen molar-refractivity contribution < 1.29 is 27.5 Å². The van der Waals surface area contributed by atoms with Gasteiger partial charge in [-0.05, 0) is 54.4 Å². The van der Waals surface area contributed by atoms with Crippen LogP contribution in [0, 0.1) is 0 Å². The smallest absolute Gasteiger partial charge is 0.412 e. The van der Waals surface area contributed by atoms with Gasteiger partial charge in [-0.3, -0.25) is 9.69 Å². The van der Waals surface area contributed by atoms with Gasteiger partial charge in [0.1, 0.15) is 0 Å². The third-order valence-corrected chi connectivity index (χ3v) is 6.34. The lowest BCUT2D eigenvalue weighted by atomic mass is 10.0. The van der Waals surface area contributed by atoms with Crippen molar-refractivity contribution in [3.8, 4) is 11.1 Å². The lowest BCUT2D eigenvalue weighted by Crippen LogP contribution is -2.51. The fraction of sp³-hybridized carbons (Fsp3) is 0.182. The number of rotatable bonds is 3. The Hall–Kier alpha value is -3.59. The molecule has 31 heavy (non-hydrogen) atoms. The van der Waals surface area contributed by atoms with Gasteiger partial charge in [-0.25, -0.2) is 13.2 Å². The Balaban J connectivity index is 1.81. The lowest BCUT2D eigenvalue weighted by Gasteiger charge is -2.39. The quantitative estimate of drug-likeness (QED) is 0.662. The number of carboxylic acid groups (broad SMARTS) is 1. The van der Waals surface area contributed by atoms with E-state index >= 15 is 0 Å². The highest BCUT2D eigenvalue weighted by Crippen LogP contribution is 2.39. The summed E-state index contributed by atoms with van der Waals surface area (Å²) in [5.74, 6) is -0.211. The standard InChI is InChI=1S/C22H20N2O6S/c1-14-13-23(21(25)20-4-3-11-30-20)19-12-16(7-10-18(19)24(14)22(26)27)15-5-8-17(9-6-15)31(2,28)29/h3-12,14H,13H2,1-2H3,(H,26,27)/t14-/m0/s1. The SMILES string of the molecule is C[C@H]1CN(C(=O)c2ccco2)c2cc(-c3ccc(S(C)(=O)=O)cc3)ccc2N1C(=O)O. The Morgan fingerprint density at radius 1 is 1.03 bits per heavy atom. The van der Waals surface area contributed by atoms with Crippen molar-refractivity contribution in [2.24, 2.45) is 0 Å². The van der Waals surface area contributed by atoms with Crippen LogP contribution in [0.15, 0.2) is 70.2 Å². The van der Waals surface area contributed by atoms with E-state index in [4.69, 9.17) is 4.42 Å². The van der Waals surface area contributed by atoms with Gasteiger partial charge in [0.2, 0.25) is 0 Å². The van der Waals surface area contributed by atoms with Crippen LogP contribution in [0.5, 0.6) is 0 Å². The van der Waals surface area contributed by atoms with E-state index in [2.05, 4.69) is 0 Å². The van der Waals surface area contributed by atoms with Gasteiger partial charge in [0, 0.05) is 12.8 Å². The number of hydrogen-bond donors (Lipinski definition) is 1. The first-order valence-corrected chi connectivity index (χ1v) is 11.4. The Labute approximate surface area is 179 Å². The summed E-state index contributed by atoms with van der Waals surface area (Å²) in [5, 5.41) is 9.70. The van der Waals surface area contributed by atoms with Crippen LogP contribution in [0.1, 0.15) is 17.5 Å². The first-order chi connectivity index (χ1) is 14.7. The number of carbonyl (C=O) groups excluding carboxylic acids is 1. The molecule has 1 aliphatic rings. The number of carbonyl (C=O) groups is 2. The number of benzene rings is 2. The molecule has 0 fully saturated rings. The second-order valence-electron chi connectivity index (χ2n) is 7.39. The minimum Gasteiger partial charge on any atom is -0.465 e. The molecule has 0 bridgehead atoms. The topological polar surface area (TPSA) is 108 Å². The van der Waals surface area contributed by atoms with Crippen LogP contribution in [-0.2, 0) is 9.84 Å². The molecule has 1 aliphatic heterocycles. The molecular formula is C22H20N2O6S. The van der Waals surface area contributed by atoms with Gasteiger partial charge in [0.25, 0.3) is 5.91 Å². The zero-order valence-corrected chi connectivity index (χ0v) is 17.7. The van der Waals surface area contributed by atoms with Crippen LogP contribution in [0.4, 0.5) is 16.2 Å². The van der Waals surface area contributed by atoms with E-state index in [1.165, 1.54) is 28.2 Å². The number of sulfone groups is 1. The molecule has 0 aliphatic carbocycles. The van der Waals surface area contributed by atoms with Gasteiger partial charge in [0.15, 0.2) is 15.6 Å². The van der Waals surface area contributed by atoms with Crippen LogP contribution in [0.25, 0.3) is 11.1 Å². The van der Waals surface area contributed by atoms with Crippen molar-refractivity contribution >= 4 is 33.2 Å². The predicted octanol–water partition coefficient (Wildman–Crippen LogP) is 3.88. The maximum Gasteiger partial charge on any atom is 0.412 e. The zero-order valence-electron chi connectivity index (χ0n) is 16.8. The summed E-state index contributed by atoms with van der Waals surface area (Å²) in [6.07, 6.45) is 1.44. The fourth-order valence-corrected chi connectivity index (χ4v) is 4.35. The molecule has 3 aromatic rings. The molecule has 2 amide bonds. The van der Waals surface area contributed by atoms with Gasteiger partial charge in [0.05, 0.1) is 28.6 Å². The minimum atomic E-state index is -3.32. The molecule has 0 saturated carbocycles. The van der Waals surface area contributed by atoms with Crippen LogP contribution >= 0.6 is 0 Å². The maximum atomic E-state index is 13.0. The van der Waals surface area contributed by atoms with E-state index in [1.54, 1.807) is 49.4 Å². The average molecular weight is 440 g/mol. The largest absolute Gasteiger partial charge is 0.465 e. The van der Waals surface area contributed by atoms with Crippen LogP contribution in [0.3, 0.4) is 0 Å². The molecule has 8 nitrogen and oxygen atoms in total. The molecule has 0 radical (unpaired) electrons. The number of nitrogens with zero attached hydrogens (tertiary/aromatic N) is 2. The summed E-state index contributed by atoms with van der Waals surface area (Å²) >= 11 is 0. The highest BCUT2D eigenvalue weighted by Gasteiger charge is 2.36. The summed E-state index contributed by atoms with van der Waals surface area (Å²) in [7, 11) is -3.32. The van der Waals surface area contributed by atoms with Gasteiger partial charge in [-0.2, -0.15) is 0 Å². The summed E-state index contributed by atoms with van der Waals surface area (Å²) in [4.78, 5) is 27.9. The van der Waals surface area contributed by atoms with E-state index in [9.17, 15) is 23.1 Å². The van der Waals surface area contributed by atoms with Crippen molar-refractivity contribution in [3.63, 3.8) is 0 Å². The van der Waals surface area contributed by atoms with Crippen molar-refractivity contribution in [3.05, 3.63) is 66.6 Å². The number of amides is 2. The molecule has 1 N–H and O–H groups in total. The summed E-state index contributed by atoms with van der Waals surface area (Å²) in [5.41, 5.74) is 2.28. The summed E-state index contributed by atoms with van der Waals surface area (Å²) < 4.78 is 28.7. The number of furan rings is 1. The molecule has 160 valence electrons. The van der Waals surface area contributed by atoms with E-state index < -0.39 is 22.0 Å². The van der Waals surface area contributed by atoms with E-state index in [0.29, 0.717) is 11.4 Å². The highest BCUT2D eigenvalue weighted by atomic mass is 32.2. The molecule has 0 unspecified atom stereocenters. The molecule has 4 rings (SSSR count). The maximum absolute atomic E-state index is 13.0. The van der Waals surface area contributed by atoms with Crippen molar-refractivity contribution in [2.45, 2.75) is 17.9 Å². The van der Waals surface area contributed by atoms with Crippen LogP contribution < -0.4 is 9.80 Å². The van der Waals surface area contributed by atoms with E-state index in [-0.39, 0.29) is 23.1 Å². The second kappa shape index (κ2) is 7.59. The Bertz CT molecular complexity index is 1250. The lowest BCUT2D eigenvalue weighted by molar-refractivity contribution is 0.0956. The molecule has 2 heterocycles. The monoisotopic (exact) mass is 440 g/mol. The van der Waals surface area contributed by atoms with E-state index in [0.717, 1.165) is 17.4 Å². The molecule has 0 spiro atoms. The molecule has 0 saturated heterocycles.